The van der Waals surface area contributed by atoms with Crippen LogP contribution in [0.2, 0.25) is 0 Å². The minimum absolute atomic E-state index is 0.854. The fourth-order valence-corrected chi connectivity index (χ4v) is 15.1. The molecule has 6 nitrogen and oxygen atoms in total. The molecule has 0 atom stereocenters. The number of aromatic nitrogens is 2. The van der Waals surface area contributed by atoms with Crippen molar-refractivity contribution in [3.8, 4) is 22.3 Å². The van der Waals surface area contributed by atoms with E-state index in [0.717, 1.165) is 100 Å². The van der Waals surface area contributed by atoms with Gasteiger partial charge in [-0.25, -0.2) is 0 Å². The third-order valence-corrected chi connectivity index (χ3v) is 18.4. The maximum absolute atomic E-state index is 6.89. The Morgan fingerprint density at radius 2 is 0.628 bits per heavy atom. The molecule has 0 aliphatic heterocycles. The van der Waals surface area contributed by atoms with Gasteiger partial charge in [0.2, 0.25) is 0 Å². The lowest BCUT2D eigenvalue weighted by Crippen LogP contribution is -2.11. The number of fused-ring (bicyclic) bond motifs is 18. The molecule has 6 aromatic heterocycles. The van der Waals surface area contributed by atoms with Crippen LogP contribution in [0.15, 0.2) is 276 Å². The second-order valence-corrected chi connectivity index (χ2v) is 23.2. The van der Waals surface area contributed by atoms with Crippen molar-refractivity contribution in [3.63, 3.8) is 0 Å². The smallest absolute Gasteiger partial charge is 0.159 e. The molecule has 0 bridgehead atoms. The van der Waals surface area contributed by atoms with E-state index in [-0.39, 0.29) is 0 Å². The van der Waals surface area contributed by atoms with Crippen LogP contribution >= 0.6 is 0 Å². The van der Waals surface area contributed by atoms with Crippen LogP contribution in [-0.2, 0) is 0 Å². The van der Waals surface area contributed by atoms with Crippen molar-refractivity contribution in [2.24, 2.45) is 0 Å². The number of para-hydroxylation sites is 6. The van der Waals surface area contributed by atoms with Crippen LogP contribution in [0, 0.1) is 13.8 Å². The lowest BCUT2D eigenvalue weighted by molar-refractivity contribution is 0.669. The molecule has 6 heterocycles. The first-order valence-corrected chi connectivity index (χ1v) is 29.6. The topological polar surface area (TPSA) is 41.6 Å². The highest BCUT2D eigenvalue weighted by atomic mass is 16.3. The van der Waals surface area contributed by atoms with Crippen LogP contribution in [0.4, 0.5) is 34.1 Å². The number of rotatable bonds is 8. The molecule has 13 aromatic carbocycles. The molecule has 0 saturated heterocycles. The van der Waals surface area contributed by atoms with Gasteiger partial charge in [-0.3, -0.25) is 0 Å². The molecule has 0 aliphatic carbocycles. The molecule has 0 spiro atoms. The summed E-state index contributed by atoms with van der Waals surface area (Å²) in [6.07, 6.45) is 0. The molecule has 402 valence electrons. The van der Waals surface area contributed by atoms with E-state index >= 15 is 0 Å². The van der Waals surface area contributed by atoms with Crippen molar-refractivity contribution in [3.05, 3.63) is 278 Å². The minimum atomic E-state index is 0.854. The van der Waals surface area contributed by atoms with Gasteiger partial charge in [0.05, 0.1) is 55.8 Å². The number of benzene rings is 13. The van der Waals surface area contributed by atoms with Gasteiger partial charge in [0.25, 0.3) is 0 Å². The number of aryl methyl sites for hydroxylation is 2. The minimum Gasteiger partial charge on any atom is -0.454 e. The monoisotopic (exact) mass is 1100 g/mol. The average molecular weight is 1100 g/mol. The van der Waals surface area contributed by atoms with Crippen LogP contribution in [0.1, 0.15) is 11.1 Å². The Kier molecular flexibility index (Phi) is 9.65. The van der Waals surface area contributed by atoms with Gasteiger partial charge < -0.3 is 27.4 Å². The van der Waals surface area contributed by atoms with Crippen molar-refractivity contribution in [1.29, 1.82) is 0 Å². The number of anilines is 6. The van der Waals surface area contributed by atoms with Crippen LogP contribution in [-0.4, -0.2) is 8.80 Å². The second kappa shape index (κ2) is 17.6. The van der Waals surface area contributed by atoms with Crippen LogP contribution in [0.3, 0.4) is 0 Å². The zero-order chi connectivity index (χ0) is 56.5. The Labute approximate surface area is 493 Å². The molecule has 19 rings (SSSR count). The van der Waals surface area contributed by atoms with E-state index in [1.165, 1.54) is 87.4 Å². The molecule has 0 radical (unpaired) electrons. The van der Waals surface area contributed by atoms with E-state index in [1.807, 2.05) is 0 Å². The standard InChI is InChI=1S/C80H50N4O2/c1-47-21-13-27-51(45-47)81(65-41-17-31-55-53-29-9-11-43-67(53)85-79(55)65)61-37-19-39-63-71(61)57-33-15-35-59-73-70(50-25-7-4-8-26-50)78-74(69(49-23-5-3-6-24-49)77(73)83(63)75(57)59)60-36-16-34-58-72-62(38-20-40-64(72)84(78)76(58)60)82(52-28-14-22-48(2)46-52)66-42-18-32-56-54-30-10-12-44-68(54)86-80(56)66/h3-46H,1-2H3. The number of furan rings is 2. The summed E-state index contributed by atoms with van der Waals surface area (Å²) in [5.74, 6) is 0. The summed E-state index contributed by atoms with van der Waals surface area (Å²) in [6.45, 7) is 4.35. The molecule has 0 fully saturated rings. The zero-order valence-electron chi connectivity index (χ0n) is 47.0. The summed E-state index contributed by atoms with van der Waals surface area (Å²) in [7, 11) is 0. The maximum atomic E-state index is 6.89. The SMILES string of the molecule is Cc1cccc(N(c2cccc3c2oc2ccccc23)c2cccc3c2c2cccc4c5c(-c6ccccc6)c6c(c(-c7ccccc7)c5n3c24)c2cccc3c4c(N(c5cccc(C)c5)c5cccc7c5oc5ccccc57)cccc4n6c32)c1. The first-order chi connectivity index (χ1) is 42.6. The van der Waals surface area contributed by atoms with Gasteiger partial charge in [-0.1, -0.05) is 194 Å². The lowest BCUT2D eigenvalue weighted by Gasteiger charge is -2.27. The molecule has 0 saturated carbocycles. The molecule has 6 heteroatoms. The van der Waals surface area contributed by atoms with Crippen molar-refractivity contribution in [2.45, 2.75) is 13.8 Å². The first kappa shape index (κ1) is 47.2. The van der Waals surface area contributed by atoms with Gasteiger partial charge in [-0.05, 0) is 109 Å². The van der Waals surface area contributed by atoms with Crippen LogP contribution < -0.4 is 9.80 Å². The summed E-state index contributed by atoms with van der Waals surface area (Å²) in [5.41, 5.74) is 23.8. The van der Waals surface area contributed by atoms with Gasteiger partial charge >= 0.3 is 0 Å². The van der Waals surface area contributed by atoms with Gasteiger partial charge in [-0.15, -0.1) is 0 Å². The Balaban J connectivity index is 0.967. The van der Waals surface area contributed by atoms with Crippen molar-refractivity contribution < 1.29 is 8.83 Å². The normalized spacial score (nSPS) is 12.3. The molecule has 0 N–H and O–H groups in total. The van der Waals surface area contributed by atoms with Crippen LogP contribution in [0.25, 0.3) is 142 Å². The van der Waals surface area contributed by atoms with E-state index in [0.29, 0.717) is 0 Å². The largest absolute Gasteiger partial charge is 0.454 e. The Morgan fingerprint density at radius 1 is 0.279 bits per heavy atom. The van der Waals surface area contributed by atoms with E-state index in [2.05, 4.69) is 299 Å². The van der Waals surface area contributed by atoms with Gasteiger partial charge in [0, 0.05) is 87.1 Å². The summed E-state index contributed by atoms with van der Waals surface area (Å²) in [5, 5.41) is 14.0. The number of hydrogen-bond donors (Lipinski definition) is 0. The highest BCUT2D eigenvalue weighted by Crippen LogP contribution is 2.57. The zero-order valence-corrected chi connectivity index (χ0v) is 47.0. The second-order valence-electron chi connectivity index (χ2n) is 23.2. The van der Waals surface area contributed by atoms with E-state index in [4.69, 9.17) is 8.83 Å². The Hall–Kier alpha value is -11.3. The lowest BCUT2D eigenvalue weighted by atomic mass is 9.89. The first-order valence-electron chi connectivity index (χ1n) is 29.6. The Bertz CT molecular complexity index is 5630. The fourth-order valence-electron chi connectivity index (χ4n) is 15.1. The predicted octanol–water partition coefficient (Wildman–Crippen LogP) is 22.7. The Morgan fingerprint density at radius 3 is 1.07 bits per heavy atom. The van der Waals surface area contributed by atoms with Crippen molar-refractivity contribution >= 4 is 154 Å². The quantitative estimate of drug-likeness (QED) is 0.152. The maximum Gasteiger partial charge on any atom is 0.159 e. The third kappa shape index (κ3) is 6.34. The van der Waals surface area contributed by atoms with E-state index in [9.17, 15) is 0 Å². The summed E-state index contributed by atoms with van der Waals surface area (Å²) in [4.78, 5) is 4.86. The molecule has 86 heavy (non-hydrogen) atoms. The predicted molar refractivity (Wildman–Crippen MR) is 360 cm³/mol. The highest BCUT2D eigenvalue weighted by molar-refractivity contribution is 6.39. The van der Waals surface area contributed by atoms with Gasteiger partial charge in [0.1, 0.15) is 11.2 Å². The molecule has 0 unspecified atom stereocenters. The number of nitrogens with zero attached hydrogens (tertiary/aromatic N) is 4. The molecule has 0 amide bonds. The molecule has 0 aliphatic rings. The summed E-state index contributed by atoms with van der Waals surface area (Å²) >= 11 is 0. The van der Waals surface area contributed by atoms with Crippen molar-refractivity contribution in [1.82, 2.24) is 8.80 Å². The van der Waals surface area contributed by atoms with Crippen LogP contribution in [0.5, 0.6) is 0 Å². The van der Waals surface area contributed by atoms with E-state index in [1.54, 1.807) is 0 Å². The average Bonchev–Trinajstić information content (AvgIpc) is 1.50. The molecular weight excluding hydrogens is 1050 g/mol. The molecular formula is C80H50N4O2. The number of hydrogen-bond acceptors (Lipinski definition) is 4. The van der Waals surface area contributed by atoms with Crippen molar-refractivity contribution in [2.75, 3.05) is 9.80 Å². The fraction of sp³-hybridized carbons (Fsp3) is 0.0250. The van der Waals surface area contributed by atoms with Gasteiger partial charge in [-0.2, -0.15) is 0 Å². The third-order valence-electron chi connectivity index (χ3n) is 18.4. The summed E-state index contributed by atoms with van der Waals surface area (Å²) < 4.78 is 19.0. The van der Waals surface area contributed by atoms with Gasteiger partial charge in [0.15, 0.2) is 11.2 Å². The molecule has 19 aromatic rings. The van der Waals surface area contributed by atoms with E-state index < -0.39 is 0 Å². The summed E-state index contributed by atoms with van der Waals surface area (Å²) in [6, 6.07) is 97.7. The highest BCUT2D eigenvalue weighted by Gasteiger charge is 2.33.